The molecule has 0 amide bonds. The summed E-state index contributed by atoms with van der Waals surface area (Å²) in [7, 11) is 0. The van der Waals surface area contributed by atoms with Gasteiger partial charge in [0.25, 0.3) is 0 Å². The Labute approximate surface area is 164 Å². The third-order valence-electron chi connectivity index (χ3n) is 3.93. The second-order valence-corrected chi connectivity index (χ2v) is 7.24. The number of carboxylic acids is 1. The Morgan fingerprint density at radius 3 is 2.60 bits per heavy atom. The summed E-state index contributed by atoms with van der Waals surface area (Å²) in [5.41, 5.74) is 4.36. The molecule has 0 heterocycles. The molecule has 0 spiro atoms. The molecule has 0 unspecified atom stereocenters. The first-order valence-electron chi connectivity index (χ1n) is 8.07. The lowest BCUT2D eigenvalue weighted by Gasteiger charge is -2.15. The topological polar surface area (TPSA) is 58.6 Å². The maximum absolute atomic E-state index is 10.7. The van der Waals surface area contributed by atoms with Crippen LogP contribution in [0.3, 0.4) is 0 Å². The van der Waals surface area contributed by atoms with Crippen LogP contribution in [0.2, 0.25) is 0 Å². The Morgan fingerprint density at radius 1 is 1.16 bits per heavy atom. The monoisotopic (exact) mass is 469 g/mol. The van der Waals surface area contributed by atoms with E-state index in [1.165, 1.54) is 5.56 Å². The van der Waals surface area contributed by atoms with Crippen LogP contribution in [0.15, 0.2) is 39.3 Å². The molecule has 2 rings (SSSR count). The number of halogens is 2. The molecule has 0 aliphatic carbocycles. The molecule has 2 aromatic carbocycles. The highest BCUT2D eigenvalue weighted by Gasteiger charge is 2.12. The summed E-state index contributed by atoms with van der Waals surface area (Å²) in [5.74, 6) is -0.0846. The predicted octanol–water partition coefficient (Wildman–Crippen LogP) is 5.55. The number of carbonyl (C=O) groups is 1. The molecule has 0 saturated carbocycles. The number of benzene rings is 2. The summed E-state index contributed by atoms with van der Waals surface area (Å²) in [5, 5.41) is 12.2. The molecule has 0 aliphatic rings. The molecule has 25 heavy (non-hydrogen) atoms. The van der Waals surface area contributed by atoms with E-state index in [0.29, 0.717) is 13.0 Å². The minimum absolute atomic E-state index is 0.0989. The van der Waals surface area contributed by atoms with E-state index in [4.69, 9.17) is 9.84 Å². The van der Waals surface area contributed by atoms with E-state index >= 15 is 0 Å². The van der Waals surface area contributed by atoms with Crippen LogP contribution in [0.25, 0.3) is 0 Å². The lowest BCUT2D eigenvalue weighted by molar-refractivity contribution is -0.136. The minimum atomic E-state index is -0.806. The molecule has 134 valence electrons. The highest BCUT2D eigenvalue weighted by atomic mass is 79.9. The first-order valence-corrected chi connectivity index (χ1v) is 9.66. The van der Waals surface area contributed by atoms with Gasteiger partial charge in [-0.2, -0.15) is 0 Å². The molecule has 2 N–H and O–H groups in total. The number of hydrogen-bond acceptors (Lipinski definition) is 3. The van der Waals surface area contributed by atoms with Crippen LogP contribution in [-0.2, 0) is 17.8 Å². The predicted molar refractivity (Wildman–Crippen MR) is 107 cm³/mol. The van der Waals surface area contributed by atoms with Gasteiger partial charge in [-0.25, -0.2) is 0 Å². The zero-order chi connectivity index (χ0) is 18.4. The average Bonchev–Trinajstić information content (AvgIpc) is 2.58. The van der Waals surface area contributed by atoms with Crippen molar-refractivity contribution in [3.8, 4) is 5.75 Å². The van der Waals surface area contributed by atoms with E-state index in [0.717, 1.165) is 38.1 Å². The van der Waals surface area contributed by atoms with E-state index in [1.54, 1.807) is 0 Å². The molecule has 6 heteroatoms. The fourth-order valence-corrected chi connectivity index (χ4v) is 3.52. The molecular weight excluding hydrogens is 450 g/mol. The summed E-state index contributed by atoms with van der Waals surface area (Å²) in [6, 6.07) is 9.90. The van der Waals surface area contributed by atoms with Crippen molar-refractivity contribution >= 4 is 43.5 Å². The number of aryl methyl sites for hydroxylation is 1. The van der Waals surface area contributed by atoms with Crippen molar-refractivity contribution in [1.82, 2.24) is 0 Å². The second-order valence-electron chi connectivity index (χ2n) is 5.65. The van der Waals surface area contributed by atoms with Crippen molar-refractivity contribution in [2.24, 2.45) is 0 Å². The molecule has 0 aliphatic heterocycles. The summed E-state index contributed by atoms with van der Waals surface area (Å²) in [6.07, 6.45) is 0.570. The fourth-order valence-electron chi connectivity index (χ4n) is 2.50. The lowest BCUT2D eigenvalue weighted by Crippen LogP contribution is -2.04. The maximum Gasteiger partial charge on any atom is 0.303 e. The Hall–Kier alpha value is -1.53. The van der Waals surface area contributed by atoms with Crippen LogP contribution in [0.4, 0.5) is 5.69 Å². The number of rotatable bonds is 8. The molecule has 0 atom stereocenters. The first-order chi connectivity index (χ1) is 11.9. The van der Waals surface area contributed by atoms with Crippen molar-refractivity contribution < 1.29 is 14.6 Å². The number of ether oxygens (including phenoxy) is 1. The summed E-state index contributed by atoms with van der Waals surface area (Å²) in [4.78, 5) is 10.7. The third kappa shape index (κ3) is 5.22. The Morgan fingerprint density at radius 2 is 1.92 bits per heavy atom. The van der Waals surface area contributed by atoms with E-state index in [-0.39, 0.29) is 6.42 Å². The minimum Gasteiger partial charge on any atom is -0.488 e. The van der Waals surface area contributed by atoms with Gasteiger partial charge in [0.15, 0.2) is 0 Å². The smallest absolute Gasteiger partial charge is 0.303 e. The number of nitrogens with one attached hydrogen (secondary N) is 1. The van der Waals surface area contributed by atoms with Gasteiger partial charge in [-0.05, 0) is 81.0 Å². The number of hydrogen-bond donors (Lipinski definition) is 2. The molecule has 2 aromatic rings. The number of aliphatic carboxylic acids is 1. The van der Waals surface area contributed by atoms with Crippen LogP contribution in [-0.4, -0.2) is 17.6 Å². The van der Waals surface area contributed by atoms with Gasteiger partial charge in [-0.3, -0.25) is 4.79 Å². The van der Waals surface area contributed by atoms with Gasteiger partial charge in [0, 0.05) is 23.1 Å². The first kappa shape index (κ1) is 19.8. The van der Waals surface area contributed by atoms with Gasteiger partial charge in [-0.1, -0.05) is 18.2 Å². The van der Waals surface area contributed by atoms with Crippen LogP contribution in [0, 0.1) is 6.92 Å². The fraction of sp³-hybridized carbons (Fsp3) is 0.316. The van der Waals surface area contributed by atoms with Crippen LogP contribution >= 0.6 is 31.9 Å². The van der Waals surface area contributed by atoms with Crippen molar-refractivity contribution in [2.45, 2.75) is 33.3 Å². The van der Waals surface area contributed by atoms with Crippen LogP contribution in [0.5, 0.6) is 5.75 Å². The SMILES string of the molecule is CCNc1cccc(COc2ccc(CCC(=O)O)c(Br)c2Br)c1C. The number of carboxylic acid groups (broad SMARTS) is 1. The van der Waals surface area contributed by atoms with Gasteiger partial charge in [-0.15, -0.1) is 0 Å². The van der Waals surface area contributed by atoms with Crippen LogP contribution in [0.1, 0.15) is 30.0 Å². The summed E-state index contributed by atoms with van der Waals surface area (Å²) in [6.45, 7) is 5.49. The highest BCUT2D eigenvalue weighted by molar-refractivity contribution is 9.13. The normalized spacial score (nSPS) is 10.6. The van der Waals surface area contributed by atoms with Gasteiger partial charge in [0.2, 0.25) is 0 Å². The van der Waals surface area contributed by atoms with E-state index in [1.807, 2.05) is 18.2 Å². The van der Waals surface area contributed by atoms with Crippen molar-refractivity contribution in [2.75, 3.05) is 11.9 Å². The average molecular weight is 471 g/mol. The molecule has 0 saturated heterocycles. The van der Waals surface area contributed by atoms with Crippen molar-refractivity contribution in [3.05, 3.63) is 56.0 Å². The van der Waals surface area contributed by atoms with Crippen molar-refractivity contribution in [3.63, 3.8) is 0 Å². The molecule has 0 aromatic heterocycles. The zero-order valence-corrected chi connectivity index (χ0v) is 17.4. The third-order valence-corrected chi connectivity index (χ3v) is 6.16. The van der Waals surface area contributed by atoms with E-state index < -0.39 is 5.97 Å². The van der Waals surface area contributed by atoms with Gasteiger partial charge in [0.05, 0.1) is 4.47 Å². The van der Waals surface area contributed by atoms with Crippen molar-refractivity contribution in [1.29, 1.82) is 0 Å². The second kappa shape index (κ2) is 9.25. The largest absolute Gasteiger partial charge is 0.488 e. The molecule has 0 bridgehead atoms. The molecule has 0 fully saturated rings. The van der Waals surface area contributed by atoms with E-state index in [2.05, 4.69) is 63.2 Å². The molecular formula is C19H21Br2NO3. The maximum atomic E-state index is 10.7. The standard InChI is InChI=1S/C19H21Br2NO3/c1-3-22-15-6-4-5-14(12(15)2)11-25-16-9-7-13(8-10-17(23)24)18(20)19(16)21/h4-7,9,22H,3,8,10-11H2,1-2H3,(H,23,24). The Bertz CT molecular complexity index is 763. The summed E-state index contributed by atoms with van der Waals surface area (Å²) >= 11 is 7.06. The van der Waals surface area contributed by atoms with Gasteiger partial charge >= 0.3 is 5.97 Å². The van der Waals surface area contributed by atoms with Gasteiger partial charge in [0.1, 0.15) is 12.4 Å². The highest BCUT2D eigenvalue weighted by Crippen LogP contribution is 2.36. The molecule has 0 radical (unpaired) electrons. The quantitative estimate of drug-likeness (QED) is 0.531. The number of anilines is 1. The zero-order valence-electron chi connectivity index (χ0n) is 14.2. The Balaban J connectivity index is 2.12. The van der Waals surface area contributed by atoms with E-state index in [9.17, 15) is 4.79 Å². The molecule has 4 nitrogen and oxygen atoms in total. The summed E-state index contributed by atoms with van der Waals surface area (Å²) < 4.78 is 7.62. The Kier molecular flexibility index (Phi) is 7.32. The lowest BCUT2D eigenvalue weighted by atomic mass is 10.1. The van der Waals surface area contributed by atoms with Crippen LogP contribution < -0.4 is 10.1 Å². The van der Waals surface area contributed by atoms with Gasteiger partial charge < -0.3 is 15.2 Å².